The molecule has 2 aromatic rings. The summed E-state index contributed by atoms with van der Waals surface area (Å²) in [4.78, 5) is 6.71. The zero-order chi connectivity index (χ0) is 13.7. The third-order valence-corrected chi connectivity index (χ3v) is 3.06. The van der Waals surface area contributed by atoms with Crippen LogP contribution in [0.4, 0.5) is 5.82 Å². The number of nitrogen functional groups attached to an aromatic ring is 1. The van der Waals surface area contributed by atoms with Crippen molar-refractivity contribution in [3.63, 3.8) is 0 Å². The summed E-state index contributed by atoms with van der Waals surface area (Å²) in [5.41, 5.74) is 4.71. The summed E-state index contributed by atoms with van der Waals surface area (Å²) in [6.45, 7) is 2.36. The zero-order valence-electron chi connectivity index (χ0n) is 11.4. The van der Waals surface area contributed by atoms with Gasteiger partial charge in [-0.25, -0.2) is 10.8 Å². The van der Waals surface area contributed by atoms with Gasteiger partial charge in [-0.15, -0.1) is 0 Å². The molecule has 0 aliphatic heterocycles. The summed E-state index contributed by atoms with van der Waals surface area (Å²) in [5.74, 6) is 6.29. The van der Waals surface area contributed by atoms with Gasteiger partial charge in [0.2, 0.25) is 0 Å². The Balaban J connectivity index is 2.25. The molecule has 0 bridgehead atoms. The molecule has 5 nitrogen and oxygen atoms in total. The molecule has 5 heteroatoms. The maximum absolute atomic E-state index is 5.56. The number of hydrogen-bond donors (Lipinski definition) is 2. The van der Waals surface area contributed by atoms with Crippen LogP contribution < -0.4 is 11.3 Å². The van der Waals surface area contributed by atoms with E-state index in [2.05, 4.69) is 34.5 Å². The number of aromatic nitrogens is 1. The van der Waals surface area contributed by atoms with E-state index in [0.717, 1.165) is 35.4 Å². The van der Waals surface area contributed by atoms with Crippen LogP contribution in [0, 0.1) is 0 Å². The number of fused-ring (bicyclic) bond motifs is 1. The summed E-state index contributed by atoms with van der Waals surface area (Å²) in [6, 6.07) is 10.1. The summed E-state index contributed by atoms with van der Waals surface area (Å²) in [7, 11) is 3.76. The minimum absolute atomic E-state index is 0.711. The Bertz CT molecular complexity index is 544. The Morgan fingerprint density at radius 1 is 1.37 bits per heavy atom. The molecule has 0 amide bonds. The lowest BCUT2D eigenvalue weighted by molar-refractivity contribution is 0.158. The number of pyridine rings is 1. The van der Waals surface area contributed by atoms with Crippen molar-refractivity contribution in [2.24, 2.45) is 5.84 Å². The standard InChI is InChI=1S/C14H20N4O/c1-18(7-8-19-2)10-12-9-11-5-3-4-6-13(11)16-14(12)17-15/h3-6,9H,7-8,10,15H2,1-2H3,(H,16,17). The van der Waals surface area contributed by atoms with E-state index < -0.39 is 0 Å². The minimum atomic E-state index is 0.711. The van der Waals surface area contributed by atoms with Crippen LogP contribution in [0.3, 0.4) is 0 Å². The second-order valence-corrected chi connectivity index (χ2v) is 4.56. The first-order valence-corrected chi connectivity index (χ1v) is 6.27. The molecule has 0 saturated carbocycles. The van der Waals surface area contributed by atoms with Crippen LogP contribution >= 0.6 is 0 Å². The maximum Gasteiger partial charge on any atom is 0.145 e. The van der Waals surface area contributed by atoms with Crippen LogP contribution in [0.1, 0.15) is 5.56 Å². The minimum Gasteiger partial charge on any atom is -0.383 e. The fraction of sp³-hybridized carbons (Fsp3) is 0.357. The van der Waals surface area contributed by atoms with Crippen molar-refractivity contribution in [3.8, 4) is 0 Å². The van der Waals surface area contributed by atoms with E-state index in [1.165, 1.54) is 0 Å². The Labute approximate surface area is 113 Å². The van der Waals surface area contributed by atoms with Crippen molar-refractivity contribution < 1.29 is 4.74 Å². The van der Waals surface area contributed by atoms with Crippen LogP contribution in [-0.4, -0.2) is 37.2 Å². The highest BCUT2D eigenvalue weighted by Gasteiger charge is 2.08. The van der Waals surface area contributed by atoms with Gasteiger partial charge in [0.25, 0.3) is 0 Å². The first-order valence-electron chi connectivity index (χ1n) is 6.27. The summed E-state index contributed by atoms with van der Waals surface area (Å²) < 4.78 is 5.08. The van der Waals surface area contributed by atoms with Gasteiger partial charge in [0.1, 0.15) is 5.82 Å². The topological polar surface area (TPSA) is 63.4 Å². The average Bonchev–Trinajstić information content (AvgIpc) is 2.44. The van der Waals surface area contributed by atoms with Gasteiger partial charge < -0.3 is 10.2 Å². The molecule has 0 radical (unpaired) electrons. The van der Waals surface area contributed by atoms with Crippen LogP contribution in [0.15, 0.2) is 30.3 Å². The zero-order valence-corrected chi connectivity index (χ0v) is 11.4. The van der Waals surface area contributed by atoms with Gasteiger partial charge in [0, 0.05) is 31.1 Å². The first kappa shape index (κ1) is 13.7. The van der Waals surface area contributed by atoms with Crippen molar-refractivity contribution in [2.75, 3.05) is 32.7 Å². The monoisotopic (exact) mass is 260 g/mol. The number of nitrogens with one attached hydrogen (secondary N) is 1. The predicted molar refractivity (Wildman–Crippen MR) is 77.8 cm³/mol. The normalized spacial score (nSPS) is 11.2. The third-order valence-electron chi connectivity index (χ3n) is 3.06. The Kier molecular flexibility index (Phi) is 4.68. The number of likely N-dealkylation sites (N-methyl/N-ethyl adjacent to an activating group) is 1. The molecule has 1 heterocycles. The molecule has 0 fully saturated rings. The maximum atomic E-state index is 5.56. The lowest BCUT2D eigenvalue weighted by Crippen LogP contribution is -2.23. The molecule has 0 unspecified atom stereocenters. The fourth-order valence-electron chi connectivity index (χ4n) is 2.02. The number of para-hydroxylation sites is 1. The number of hydrazine groups is 1. The molecule has 2 rings (SSSR count). The number of ether oxygens (including phenoxy) is 1. The number of nitrogens with zero attached hydrogens (tertiary/aromatic N) is 2. The average molecular weight is 260 g/mol. The number of anilines is 1. The van der Waals surface area contributed by atoms with Gasteiger partial charge in [-0.1, -0.05) is 18.2 Å². The number of nitrogens with two attached hydrogens (primary N) is 1. The summed E-state index contributed by atoms with van der Waals surface area (Å²) in [5, 5.41) is 1.12. The van der Waals surface area contributed by atoms with Crippen molar-refractivity contribution >= 4 is 16.7 Å². The molecule has 3 N–H and O–H groups in total. The Morgan fingerprint density at radius 3 is 2.89 bits per heavy atom. The van der Waals surface area contributed by atoms with Crippen LogP contribution in [0.2, 0.25) is 0 Å². The van der Waals surface area contributed by atoms with Crippen molar-refractivity contribution in [2.45, 2.75) is 6.54 Å². The number of rotatable bonds is 6. The van der Waals surface area contributed by atoms with E-state index in [0.29, 0.717) is 6.61 Å². The third kappa shape index (κ3) is 3.41. The van der Waals surface area contributed by atoms with Crippen LogP contribution in [0.25, 0.3) is 10.9 Å². The first-order chi connectivity index (χ1) is 9.24. The molecule has 1 aromatic carbocycles. The van der Waals surface area contributed by atoms with E-state index >= 15 is 0 Å². The SMILES string of the molecule is COCCN(C)Cc1cc2ccccc2nc1NN. The largest absolute Gasteiger partial charge is 0.383 e. The van der Waals surface area contributed by atoms with Crippen LogP contribution in [-0.2, 0) is 11.3 Å². The van der Waals surface area contributed by atoms with Gasteiger partial charge in [0.05, 0.1) is 12.1 Å². The number of hydrogen-bond acceptors (Lipinski definition) is 5. The lowest BCUT2D eigenvalue weighted by Gasteiger charge is -2.18. The van der Waals surface area contributed by atoms with Crippen molar-refractivity contribution in [3.05, 3.63) is 35.9 Å². The molecule has 1 aromatic heterocycles. The summed E-state index contributed by atoms with van der Waals surface area (Å²) >= 11 is 0. The quantitative estimate of drug-likeness (QED) is 0.610. The predicted octanol–water partition coefficient (Wildman–Crippen LogP) is 1.60. The fourth-order valence-corrected chi connectivity index (χ4v) is 2.02. The van der Waals surface area contributed by atoms with E-state index in [9.17, 15) is 0 Å². The molecule has 0 atom stereocenters. The van der Waals surface area contributed by atoms with E-state index in [-0.39, 0.29) is 0 Å². The highest BCUT2D eigenvalue weighted by Crippen LogP contribution is 2.20. The molecule has 0 saturated heterocycles. The molecule has 0 aliphatic rings. The van der Waals surface area contributed by atoms with E-state index in [1.54, 1.807) is 7.11 Å². The van der Waals surface area contributed by atoms with Crippen molar-refractivity contribution in [1.29, 1.82) is 0 Å². The summed E-state index contributed by atoms with van der Waals surface area (Å²) in [6.07, 6.45) is 0. The molecule has 19 heavy (non-hydrogen) atoms. The lowest BCUT2D eigenvalue weighted by atomic mass is 10.1. The van der Waals surface area contributed by atoms with Crippen molar-refractivity contribution in [1.82, 2.24) is 9.88 Å². The second kappa shape index (κ2) is 6.47. The molecule has 102 valence electrons. The number of benzene rings is 1. The van der Waals surface area contributed by atoms with Crippen LogP contribution in [0.5, 0.6) is 0 Å². The Morgan fingerprint density at radius 2 is 2.16 bits per heavy atom. The molecular weight excluding hydrogens is 240 g/mol. The van der Waals surface area contributed by atoms with Gasteiger partial charge in [-0.3, -0.25) is 4.90 Å². The highest BCUT2D eigenvalue weighted by atomic mass is 16.5. The highest BCUT2D eigenvalue weighted by molar-refractivity contribution is 5.81. The van der Waals surface area contributed by atoms with E-state index in [1.807, 2.05) is 18.2 Å². The van der Waals surface area contributed by atoms with E-state index in [4.69, 9.17) is 10.6 Å². The Hall–Kier alpha value is -1.69. The van der Waals surface area contributed by atoms with Gasteiger partial charge >= 0.3 is 0 Å². The van der Waals surface area contributed by atoms with Gasteiger partial charge in [-0.05, 0) is 19.2 Å². The smallest absolute Gasteiger partial charge is 0.145 e. The number of methoxy groups -OCH3 is 1. The van der Waals surface area contributed by atoms with Gasteiger partial charge in [0.15, 0.2) is 0 Å². The molecule has 0 spiro atoms. The molecular formula is C14H20N4O. The van der Waals surface area contributed by atoms with Gasteiger partial charge in [-0.2, -0.15) is 0 Å². The molecule has 0 aliphatic carbocycles. The second-order valence-electron chi connectivity index (χ2n) is 4.56.